The summed E-state index contributed by atoms with van der Waals surface area (Å²) in [5.41, 5.74) is 7.15. The fourth-order valence-electron chi connectivity index (χ4n) is 2.86. The quantitative estimate of drug-likeness (QED) is 0.404. The standard InChI is InChI=1S/C18H28N2O2S.2ClH/c1-3-12-23-17-13-15(19)7-8-16(17)18(21)22-11-10-20-9-5-4-6-14(20)2;;/h7-8,13-14H,3-6,9-12,19H2,1-2H3;2*1H. The first-order valence-corrected chi connectivity index (χ1v) is 9.54. The van der Waals surface area contributed by atoms with Gasteiger partial charge in [-0.15, -0.1) is 36.6 Å². The van der Waals surface area contributed by atoms with Crippen molar-refractivity contribution in [3.63, 3.8) is 0 Å². The molecular weight excluding hydrogens is 379 g/mol. The van der Waals surface area contributed by atoms with Gasteiger partial charge in [0.2, 0.25) is 0 Å². The van der Waals surface area contributed by atoms with E-state index in [4.69, 9.17) is 10.5 Å². The Labute approximate surface area is 168 Å². The average Bonchev–Trinajstić information content (AvgIpc) is 2.54. The smallest absolute Gasteiger partial charge is 0.339 e. The summed E-state index contributed by atoms with van der Waals surface area (Å²) in [7, 11) is 0. The molecular formula is C18H30Cl2N2O2S. The molecule has 0 aromatic heterocycles. The highest BCUT2D eigenvalue weighted by Crippen LogP contribution is 2.26. The van der Waals surface area contributed by atoms with Gasteiger partial charge in [-0.2, -0.15) is 0 Å². The molecule has 0 amide bonds. The Balaban J connectivity index is 0.00000288. The summed E-state index contributed by atoms with van der Waals surface area (Å²) in [6, 6.07) is 6.00. The van der Waals surface area contributed by atoms with Gasteiger partial charge in [-0.3, -0.25) is 4.90 Å². The Bertz CT molecular complexity index is 532. The molecule has 2 N–H and O–H groups in total. The van der Waals surface area contributed by atoms with Gasteiger partial charge in [-0.1, -0.05) is 13.3 Å². The van der Waals surface area contributed by atoms with Gasteiger partial charge in [-0.05, 0) is 56.7 Å². The molecule has 1 aromatic rings. The van der Waals surface area contributed by atoms with E-state index in [-0.39, 0.29) is 30.8 Å². The third kappa shape index (κ3) is 7.65. The number of rotatable bonds is 7. The minimum Gasteiger partial charge on any atom is -0.461 e. The van der Waals surface area contributed by atoms with E-state index in [9.17, 15) is 4.79 Å². The first-order chi connectivity index (χ1) is 11.1. The van der Waals surface area contributed by atoms with Crippen LogP contribution in [0.4, 0.5) is 5.69 Å². The molecule has 0 bridgehead atoms. The lowest BCUT2D eigenvalue weighted by Crippen LogP contribution is -2.39. The van der Waals surface area contributed by atoms with Gasteiger partial charge in [-0.25, -0.2) is 4.79 Å². The number of halogens is 2. The van der Waals surface area contributed by atoms with Gasteiger partial charge in [0.15, 0.2) is 0 Å². The minimum atomic E-state index is -0.242. The third-order valence-corrected chi connectivity index (χ3v) is 5.50. The summed E-state index contributed by atoms with van der Waals surface area (Å²) in [5, 5.41) is 0. The summed E-state index contributed by atoms with van der Waals surface area (Å²) < 4.78 is 5.50. The van der Waals surface area contributed by atoms with Crippen LogP contribution in [0.2, 0.25) is 0 Å². The van der Waals surface area contributed by atoms with E-state index in [0.29, 0.717) is 23.9 Å². The van der Waals surface area contributed by atoms with Crippen LogP contribution in [0.25, 0.3) is 0 Å². The molecule has 1 atom stereocenters. The third-order valence-electron chi connectivity index (χ3n) is 4.24. The van der Waals surface area contributed by atoms with Crippen LogP contribution in [0.1, 0.15) is 49.9 Å². The molecule has 4 nitrogen and oxygen atoms in total. The maximum atomic E-state index is 12.4. The van der Waals surface area contributed by atoms with Crippen LogP contribution in [0.3, 0.4) is 0 Å². The highest BCUT2D eigenvalue weighted by molar-refractivity contribution is 7.99. The fraction of sp³-hybridized carbons (Fsp3) is 0.611. The summed E-state index contributed by atoms with van der Waals surface area (Å²) in [6.07, 6.45) is 4.85. The number of esters is 1. The first-order valence-electron chi connectivity index (χ1n) is 8.55. The molecule has 7 heteroatoms. The molecule has 2 rings (SSSR count). The monoisotopic (exact) mass is 408 g/mol. The highest BCUT2D eigenvalue weighted by Gasteiger charge is 2.19. The molecule has 1 fully saturated rings. The van der Waals surface area contributed by atoms with E-state index in [1.54, 1.807) is 23.9 Å². The number of anilines is 1. The van der Waals surface area contributed by atoms with Gasteiger partial charge < -0.3 is 10.5 Å². The lowest BCUT2D eigenvalue weighted by molar-refractivity contribution is 0.0412. The molecule has 1 heterocycles. The fourth-order valence-corrected chi connectivity index (χ4v) is 3.81. The maximum absolute atomic E-state index is 12.4. The van der Waals surface area contributed by atoms with Crippen LogP contribution >= 0.6 is 36.6 Å². The number of benzene rings is 1. The molecule has 144 valence electrons. The van der Waals surface area contributed by atoms with Crippen molar-refractivity contribution in [2.75, 3.05) is 31.2 Å². The van der Waals surface area contributed by atoms with Crippen molar-refractivity contribution >= 4 is 48.2 Å². The predicted octanol–water partition coefficient (Wildman–Crippen LogP) is 4.65. The van der Waals surface area contributed by atoms with Crippen molar-refractivity contribution in [3.05, 3.63) is 23.8 Å². The number of carbonyl (C=O) groups excluding carboxylic acids is 1. The van der Waals surface area contributed by atoms with E-state index >= 15 is 0 Å². The lowest BCUT2D eigenvalue weighted by atomic mass is 10.0. The van der Waals surface area contributed by atoms with E-state index in [0.717, 1.165) is 30.2 Å². The largest absolute Gasteiger partial charge is 0.461 e. The van der Waals surface area contributed by atoms with E-state index in [1.165, 1.54) is 19.3 Å². The molecule has 1 aromatic carbocycles. The molecule has 1 aliphatic heterocycles. The van der Waals surface area contributed by atoms with Crippen LogP contribution in [0.5, 0.6) is 0 Å². The number of nitrogen functional groups attached to an aromatic ring is 1. The van der Waals surface area contributed by atoms with Crippen LogP contribution in [-0.4, -0.2) is 42.4 Å². The normalized spacial score (nSPS) is 17.3. The number of likely N-dealkylation sites (tertiary alicyclic amines) is 1. The van der Waals surface area contributed by atoms with Gasteiger partial charge in [0.25, 0.3) is 0 Å². The Hall–Kier alpha value is -0.620. The van der Waals surface area contributed by atoms with Crippen LogP contribution in [0.15, 0.2) is 23.1 Å². The van der Waals surface area contributed by atoms with Crippen molar-refractivity contribution in [1.29, 1.82) is 0 Å². The molecule has 0 radical (unpaired) electrons. The molecule has 0 saturated carbocycles. The molecule has 1 aliphatic rings. The zero-order valence-corrected chi connectivity index (χ0v) is 17.5. The number of carbonyl (C=O) groups is 1. The second kappa shape index (κ2) is 12.7. The number of thioether (sulfide) groups is 1. The summed E-state index contributed by atoms with van der Waals surface area (Å²) in [5.74, 6) is 0.725. The number of hydrogen-bond acceptors (Lipinski definition) is 5. The highest BCUT2D eigenvalue weighted by atomic mass is 35.5. The minimum absolute atomic E-state index is 0. The molecule has 0 aliphatic carbocycles. The van der Waals surface area contributed by atoms with E-state index < -0.39 is 0 Å². The Morgan fingerprint density at radius 3 is 2.80 bits per heavy atom. The van der Waals surface area contributed by atoms with Crippen molar-refractivity contribution in [1.82, 2.24) is 4.90 Å². The summed E-state index contributed by atoms with van der Waals surface area (Å²) >= 11 is 1.66. The average molecular weight is 409 g/mol. The van der Waals surface area contributed by atoms with E-state index in [1.807, 2.05) is 6.07 Å². The number of hydrogen-bond donors (Lipinski definition) is 1. The van der Waals surface area contributed by atoms with Crippen molar-refractivity contribution < 1.29 is 9.53 Å². The zero-order valence-electron chi connectivity index (χ0n) is 15.0. The lowest BCUT2D eigenvalue weighted by Gasteiger charge is -2.32. The number of ether oxygens (including phenoxy) is 1. The SMILES string of the molecule is CCCSc1cc(N)ccc1C(=O)OCCN1CCCCC1C.Cl.Cl. The van der Waals surface area contributed by atoms with Crippen molar-refractivity contribution in [2.24, 2.45) is 0 Å². The molecule has 1 unspecified atom stereocenters. The van der Waals surface area contributed by atoms with E-state index in [2.05, 4.69) is 18.7 Å². The zero-order chi connectivity index (χ0) is 16.7. The van der Waals surface area contributed by atoms with Crippen LogP contribution in [-0.2, 0) is 4.74 Å². The molecule has 25 heavy (non-hydrogen) atoms. The number of nitrogens with zero attached hydrogens (tertiary/aromatic N) is 1. The topological polar surface area (TPSA) is 55.6 Å². The van der Waals surface area contributed by atoms with Crippen LogP contribution in [0, 0.1) is 0 Å². The van der Waals surface area contributed by atoms with Crippen molar-refractivity contribution in [3.8, 4) is 0 Å². The maximum Gasteiger partial charge on any atom is 0.339 e. The predicted molar refractivity (Wildman–Crippen MR) is 112 cm³/mol. The number of piperidine rings is 1. The number of nitrogens with two attached hydrogens (primary N) is 1. The van der Waals surface area contributed by atoms with Gasteiger partial charge in [0.05, 0.1) is 5.56 Å². The van der Waals surface area contributed by atoms with Gasteiger partial charge >= 0.3 is 5.97 Å². The van der Waals surface area contributed by atoms with Crippen molar-refractivity contribution in [2.45, 2.75) is 50.5 Å². The summed E-state index contributed by atoms with van der Waals surface area (Å²) in [4.78, 5) is 15.7. The second-order valence-corrected chi connectivity index (χ2v) is 7.26. The Morgan fingerprint density at radius 1 is 1.36 bits per heavy atom. The second-order valence-electron chi connectivity index (χ2n) is 6.12. The molecule has 1 saturated heterocycles. The van der Waals surface area contributed by atoms with Gasteiger partial charge in [0, 0.05) is 23.2 Å². The summed E-state index contributed by atoms with van der Waals surface area (Å²) in [6.45, 7) is 6.75. The Kier molecular flexibility index (Phi) is 12.4. The van der Waals surface area contributed by atoms with Gasteiger partial charge in [0.1, 0.15) is 6.61 Å². The Morgan fingerprint density at radius 2 is 2.12 bits per heavy atom. The molecule has 0 spiro atoms. The van der Waals surface area contributed by atoms with Crippen LogP contribution < -0.4 is 5.73 Å². The first kappa shape index (κ1) is 24.4.